The summed E-state index contributed by atoms with van der Waals surface area (Å²) >= 11 is 0. The zero-order valence-electron chi connectivity index (χ0n) is 20.8. The summed E-state index contributed by atoms with van der Waals surface area (Å²) in [5, 5.41) is 8.78. The molecule has 1 aromatic rings. The number of carbonyl (C=O) groups is 3. The van der Waals surface area contributed by atoms with Crippen molar-refractivity contribution in [3.63, 3.8) is 0 Å². The van der Waals surface area contributed by atoms with Crippen molar-refractivity contribution < 1.29 is 28.6 Å². The van der Waals surface area contributed by atoms with E-state index in [1.807, 2.05) is 6.92 Å². The van der Waals surface area contributed by atoms with Crippen LogP contribution in [-0.2, 0) is 23.8 Å². The lowest BCUT2D eigenvalue weighted by atomic mass is 10.2. The molecule has 1 amide bonds. The van der Waals surface area contributed by atoms with Crippen molar-refractivity contribution in [3.8, 4) is 0 Å². The van der Waals surface area contributed by atoms with Crippen molar-refractivity contribution in [1.82, 2.24) is 15.3 Å². The van der Waals surface area contributed by atoms with Gasteiger partial charge in [-0.1, -0.05) is 6.92 Å². The molecule has 0 spiro atoms. The number of anilines is 2. The van der Waals surface area contributed by atoms with Crippen LogP contribution in [0, 0.1) is 13.8 Å². The van der Waals surface area contributed by atoms with Gasteiger partial charge in [-0.25, -0.2) is 24.4 Å². The highest BCUT2D eigenvalue weighted by Gasteiger charge is 2.29. The van der Waals surface area contributed by atoms with E-state index in [9.17, 15) is 14.4 Å². The molecule has 0 bridgehead atoms. The predicted octanol–water partition coefficient (Wildman–Crippen LogP) is 2.72. The van der Waals surface area contributed by atoms with Gasteiger partial charge in [-0.05, 0) is 54.9 Å². The first-order chi connectivity index (χ1) is 15.4. The van der Waals surface area contributed by atoms with E-state index in [0.29, 0.717) is 17.5 Å². The van der Waals surface area contributed by atoms with Gasteiger partial charge in [-0.2, -0.15) is 0 Å². The lowest BCUT2D eigenvalue weighted by Crippen LogP contribution is -2.49. The van der Waals surface area contributed by atoms with Gasteiger partial charge in [-0.3, -0.25) is 0 Å². The summed E-state index contributed by atoms with van der Waals surface area (Å²) in [6, 6.07) is -1.10. The van der Waals surface area contributed by atoms with Crippen molar-refractivity contribution >= 4 is 29.7 Å². The van der Waals surface area contributed by atoms with Crippen LogP contribution in [0.4, 0.5) is 16.4 Å². The van der Waals surface area contributed by atoms with Crippen LogP contribution in [0.3, 0.4) is 0 Å². The average molecular weight is 468 g/mol. The molecule has 0 fully saturated rings. The van der Waals surface area contributed by atoms with Gasteiger partial charge < -0.3 is 30.2 Å². The fourth-order valence-corrected chi connectivity index (χ4v) is 2.63. The molecule has 0 saturated heterocycles. The summed E-state index contributed by atoms with van der Waals surface area (Å²) in [6.45, 7) is 14.8. The smallest absolute Gasteiger partial charge is 0.408 e. The number of carbonyl (C=O) groups excluding carboxylic acids is 3. The molecule has 0 aliphatic carbocycles. The standard InChI is InChI=1S/C22H37N5O6/c1-9-11-23-17-13(3)18(26-15(5)25-17)24-12-16(20(29)33-22(6,7)8)27-21(30)32-14(4)19(28)31-10-2/h14,16H,9-12H2,1-8H3,(H,27,30)(H2,23,24,25,26)/t14?,16-/m0/s1. The van der Waals surface area contributed by atoms with E-state index in [2.05, 4.69) is 32.8 Å². The molecular weight excluding hydrogens is 430 g/mol. The third-order valence-electron chi connectivity index (χ3n) is 4.16. The molecule has 33 heavy (non-hydrogen) atoms. The monoisotopic (exact) mass is 467 g/mol. The van der Waals surface area contributed by atoms with Crippen molar-refractivity contribution in [2.24, 2.45) is 0 Å². The Morgan fingerprint density at radius 3 is 2.15 bits per heavy atom. The normalized spacial score (nSPS) is 12.8. The molecule has 0 aromatic carbocycles. The predicted molar refractivity (Wildman–Crippen MR) is 124 cm³/mol. The second kappa shape index (κ2) is 12.8. The lowest BCUT2D eigenvalue weighted by Gasteiger charge is -2.25. The van der Waals surface area contributed by atoms with Crippen molar-refractivity contribution in [2.75, 3.05) is 30.3 Å². The van der Waals surface area contributed by atoms with Gasteiger partial charge in [0.1, 0.15) is 29.1 Å². The number of aryl methyl sites for hydroxylation is 1. The van der Waals surface area contributed by atoms with Crippen LogP contribution in [0.2, 0.25) is 0 Å². The number of amides is 1. The van der Waals surface area contributed by atoms with E-state index in [4.69, 9.17) is 14.2 Å². The summed E-state index contributed by atoms with van der Waals surface area (Å²) in [6.07, 6.45) is -1.15. The molecule has 1 unspecified atom stereocenters. The van der Waals surface area contributed by atoms with E-state index < -0.39 is 35.8 Å². The Morgan fingerprint density at radius 1 is 1.00 bits per heavy atom. The van der Waals surface area contributed by atoms with Gasteiger partial charge in [0, 0.05) is 18.7 Å². The van der Waals surface area contributed by atoms with Gasteiger partial charge in [0.15, 0.2) is 6.10 Å². The van der Waals surface area contributed by atoms with Gasteiger partial charge in [-0.15, -0.1) is 0 Å². The molecule has 3 N–H and O–H groups in total. The highest BCUT2D eigenvalue weighted by Crippen LogP contribution is 2.20. The number of esters is 2. The topological polar surface area (TPSA) is 141 Å². The Hall–Kier alpha value is -3.11. The van der Waals surface area contributed by atoms with Gasteiger partial charge in [0.2, 0.25) is 0 Å². The fourth-order valence-electron chi connectivity index (χ4n) is 2.63. The first-order valence-corrected chi connectivity index (χ1v) is 11.1. The van der Waals surface area contributed by atoms with Crippen LogP contribution in [0.1, 0.15) is 59.4 Å². The van der Waals surface area contributed by atoms with E-state index in [0.717, 1.165) is 18.5 Å². The number of nitrogens with one attached hydrogen (secondary N) is 3. The maximum absolute atomic E-state index is 12.7. The number of alkyl carbamates (subject to hydrolysis) is 1. The minimum atomic E-state index is -1.13. The molecule has 1 rings (SSSR count). The molecule has 0 radical (unpaired) electrons. The number of hydrogen-bond donors (Lipinski definition) is 3. The number of rotatable bonds is 11. The lowest BCUT2D eigenvalue weighted by molar-refractivity contribution is -0.157. The quantitative estimate of drug-likeness (QED) is 0.328. The van der Waals surface area contributed by atoms with Crippen LogP contribution in [0.5, 0.6) is 0 Å². The molecule has 11 heteroatoms. The maximum Gasteiger partial charge on any atom is 0.408 e. The molecule has 0 saturated carbocycles. The summed E-state index contributed by atoms with van der Waals surface area (Å²) in [7, 11) is 0. The molecule has 1 heterocycles. The molecule has 0 aliphatic rings. The SMILES string of the molecule is CCCNc1nc(C)nc(NC[C@H](NC(=O)OC(C)C(=O)OCC)C(=O)OC(C)(C)C)c1C. The third-order valence-corrected chi connectivity index (χ3v) is 4.16. The highest BCUT2D eigenvalue weighted by molar-refractivity contribution is 5.84. The molecule has 186 valence electrons. The van der Waals surface area contributed by atoms with Crippen LogP contribution in [-0.4, -0.2) is 65.4 Å². The zero-order chi connectivity index (χ0) is 25.2. The first kappa shape index (κ1) is 27.9. The zero-order valence-corrected chi connectivity index (χ0v) is 20.8. The second-order valence-electron chi connectivity index (χ2n) is 8.43. The minimum absolute atomic E-state index is 0.0255. The third kappa shape index (κ3) is 9.92. The molecular formula is C22H37N5O6. The van der Waals surface area contributed by atoms with Crippen molar-refractivity contribution in [1.29, 1.82) is 0 Å². The summed E-state index contributed by atoms with van der Waals surface area (Å²) in [4.78, 5) is 45.6. The summed E-state index contributed by atoms with van der Waals surface area (Å²) in [5.74, 6) is 0.412. The van der Waals surface area contributed by atoms with Crippen LogP contribution in [0.15, 0.2) is 0 Å². The Kier molecular flexibility index (Phi) is 10.8. The van der Waals surface area contributed by atoms with E-state index in [-0.39, 0.29) is 13.2 Å². The number of nitrogens with zero attached hydrogens (tertiary/aromatic N) is 2. The van der Waals surface area contributed by atoms with Crippen molar-refractivity contribution in [2.45, 2.75) is 79.6 Å². The fraction of sp³-hybridized carbons (Fsp3) is 0.682. The van der Waals surface area contributed by atoms with Crippen LogP contribution >= 0.6 is 0 Å². The molecule has 2 atom stereocenters. The van der Waals surface area contributed by atoms with E-state index in [1.54, 1.807) is 34.6 Å². The Morgan fingerprint density at radius 2 is 1.61 bits per heavy atom. The number of aromatic nitrogens is 2. The molecule has 11 nitrogen and oxygen atoms in total. The van der Waals surface area contributed by atoms with Crippen LogP contribution < -0.4 is 16.0 Å². The minimum Gasteiger partial charge on any atom is -0.463 e. The largest absolute Gasteiger partial charge is 0.463 e. The highest BCUT2D eigenvalue weighted by atomic mass is 16.6. The second-order valence-corrected chi connectivity index (χ2v) is 8.43. The van der Waals surface area contributed by atoms with E-state index >= 15 is 0 Å². The van der Waals surface area contributed by atoms with Gasteiger partial charge in [0.25, 0.3) is 0 Å². The Labute approximate surface area is 195 Å². The first-order valence-electron chi connectivity index (χ1n) is 11.1. The molecule has 1 aromatic heterocycles. The average Bonchev–Trinajstić information content (AvgIpc) is 2.70. The number of ether oxygens (including phenoxy) is 3. The Balaban J connectivity index is 2.98. The Bertz CT molecular complexity index is 824. The molecule has 0 aliphatic heterocycles. The summed E-state index contributed by atoms with van der Waals surface area (Å²) < 4.78 is 15.3. The van der Waals surface area contributed by atoms with Gasteiger partial charge >= 0.3 is 18.0 Å². The van der Waals surface area contributed by atoms with E-state index in [1.165, 1.54) is 6.92 Å². The van der Waals surface area contributed by atoms with Crippen molar-refractivity contribution in [3.05, 3.63) is 11.4 Å². The summed E-state index contributed by atoms with van der Waals surface area (Å²) in [5.41, 5.74) is 0.00754. The number of hydrogen-bond acceptors (Lipinski definition) is 10. The van der Waals surface area contributed by atoms with Crippen LogP contribution in [0.25, 0.3) is 0 Å². The maximum atomic E-state index is 12.7. The van der Waals surface area contributed by atoms with Gasteiger partial charge in [0.05, 0.1) is 6.61 Å².